The highest BCUT2D eigenvalue weighted by atomic mass is 127. The molecule has 1 aromatic carbocycles. The van der Waals surface area contributed by atoms with Gasteiger partial charge < -0.3 is 9.47 Å². The third-order valence-electron chi connectivity index (χ3n) is 5.51. The fourth-order valence-corrected chi connectivity index (χ4v) is 5.44. The van der Waals surface area contributed by atoms with Gasteiger partial charge in [0.05, 0.1) is 47.9 Å². The van der Waals surface area contributed by atoms with Gasteiger partial charge in [0.25, 0.3) is 0 Å². The first-order chi connectivity index (χ1) is 14.5. The van der Waals surface area contributed by atoms with Crippen molar-refractivity contribution in [3.8, 4) is 11.1 Å². The molecule has 2 bridgehead atoms. The number of hydrogen-bond donors (Lipinski definition) is 0. The van der Waals surface area contributed by atoms with Crippen LogP contribution in [0.1, 0.15) is 44.7 Å². The third kappa shape index (κ3) is 4.07. The predicted octanol–water partition coefficient (Wildman–Crippen LogP) is 6.03. The molecule has 8 heteroatoms. The van der Waals surface area contributed by atoms with E-state index in [-0.39, 0.29) is 6.10 Å². The molecule has 1 aliphatic heterocycles. The molecule has 6 nitrogen and oxygen atoms in total. The number of aryl methyl sites for hydroxylation is 1. The SMILES string of the molecule is CCC1=C(\C)OCCOC(C)c2c(cnn2C)-c2ccc3c(c2)c(nn3PI)\C=C\1. The highest BCUT2D eigenvalue weighted by Crippen LogP contribution is 2.36. The Morgan fingerprint density at radius 3 is 2.87 bits per heavy atom. The Hall–Kier alpha value is -1.70. The smallest absolute Gasteiger partial charge is 0.111 e. The molecule has 0 radical (unpaired) electrons. The van der Waals surface area contributed by atoms with Crippen LogP contribution in [0, 0.1) is 0 Å². The van der Waals surface area contributed by atoms with Gasteiger partial charge in [-0.1, -0.05) is 19.1 Å². The molecule has 3 heterocycles. The maximum Gasteiger partial charge on any atom is 0.111 e. The zero-order chi connectivity index (χ0) is 21.3. The molecule has 0 aliphatic carbocycles. The summed E-state index contributed by atoms with van der Waals surface area (Å²) in [5.74, 6) is 0.932. The molecule has 1 aliphatic rings. The Labute approximate surface area is 191 Å². The van der Waals surface area contributed by atoms with Gasteiger partial charge in [0, 0.05) is 18.0 Å². The van der Waals surface area contributed by atoms with Gasteiger partial charge in [-0.05, 0) is 71.7 Å². The standard InChI is InChI=1S/C22H26IN4O2P/c1-5-16-6-8-20-18-12-17(7-9-21(18)27(25-20)30-23)19-13-24-26(4)22(19)15(3)29-11-10-28-14(16)2/h6-9,12-13,15,30H,5,10-11H2,1-4H3/b8-6+,16-14-. The summed E-state index contributed by atoms with van der Waals surface area (Å²) in [5.41, 5.74) is 6.55. The van der Waals surface area contributed by atoms with E-state index >= 15 is 0 Å². The third-order valence-corrected chi connectivity index (χ3v) is 7.39. The minimum absolute atomic E-state index is 0.0944. The van der Waals surface area contributed by atoms with Gasteiger partial charge in [0.2, 0.25) is 0 Å². The van der Waals surface area contributed by atoms with E-state index in [1.807, 2.05) is 24.9 Å². The molecule has 30 heavy (non-hydrogen) atoms. The number of fused-ring (bicyclic) bond motifs is 3. The number of halogens is 1. The first kappa shape index (κ1) is 21.5. The second-order valence-corrected chi connectivity index (χ2v) is 9.35. The van der Waals surface area contributed by atoms with E-state index < -0.39 is 0 Å². The summed E-state index contributed by atoms with van der Waals surface area (Å²) in [7, 11) is 1.96. The molecule has 0 spiro atoms. The van der Waals surface area contributed by atoms with Gasteiger partial charge in [-0.2, -0.15) is 10.2 Å². The van der Waals surface area contributed by atoms with Gasteiger partial charge in [0.1, 0.15) is 6.61 Å². The second-order valence-electron chi connectivity index (χ2n) is 7.31. The Balaban J connectivity index is 1.93. The van der Waals surface area contributed by atoms with Crippen molar-refractivity contribution in [1.29, 1.82) is 0 Å². The number of aromatic nitrogens is 4. The lowest BCUT2D eigenvalue weighted by molar-refractivity contribution is 0.0252. The topological polar surface area (TPSA) is 54.1 Å². The van der Waals surface area contributed by atoms with Crippen molar-refractivity contribution in [2.45, 2.75) is 33.3 Å². The summed E-state index contributed by atoms with van der Waals surface area (Å²) >= 11 is 2.38. The first-order valence-corrected chi connectivity index (χ1v) is 14.1. The van der Waals surface area contributed by atoms with Crippen LogP contribution in [0.25, 0.3) is 28.1 Å². The van der Waals surface area contributed by atoms with Gasteiger partial charge in [-0.3, -0.25) is 4.68 Å². The lowest BCUT2D eigenvalue weighted by Crippen LogP contribution is -2.11. The molecule has 0 saturated carbocycles. The van der Waals surface area contributed by atoms with Crippen molar-refractivity contribution in [1.82, 2.24) is 19.3 Å². The molecule has 2 atom stereocenters. The molecule has 2 unspecified atom stereocenters. The van der Waals surface area contributed by atoms with Crippen LogP contribution >= 0.6 is 28.4 Å². The van der Waals surface area contributed by atoms with Gasteiger partial charge in [-0.15, -0.1) is 0 Å². The van der Waals surface area contributed by atoms with E-state index in [0.717, 1.165) is 45.6 Å². The minimum atomic E-state index is -0.0944. The molecule has 0 amide bonds. The molecule has 4 rings (SSSR count). The van der Waals surface area contributed by atoms with Crippen LogP contribution in [0.4, 0.5) is 0 Å². The van der Waals surface area contributed by atoms with Crippen LogP contribution in [0.5, 0.6) is 0 Å². The van der Waals surface area contributed by atoms with Crippen LogP contribution < -0.4 is 0 Å². The van der Waals surface area contributed by atoms with Gasteiger partial charge >= 0.3 is 0 Å². The predicted molar refractivity (Wildman–Crippen MR) is 132 cm³/mol. The van der Waals surface area contributed by atoms with Crippen molar-refractivity contribution >= 4 is 45.4 Å². The van der Waals surface area contributed by atoms with Gasteiger partial charge in [0.15, 0.2) is 0 Å². The van der Waals surface area contributed by atoms with Crippen LogP contribution in [0.15, 0.2) is 41.8 Å². The van der Waals surface area contributed by atoms with Crippen LogP contribution in [-0.2, 0) is 16.5 Å². The highest BCUT2D eigenvalue weighted by molar-refractivity contribution is 14.2. The quantitative estimate of drug-likeness (QED) is 0.297. The van der Waals surface area contributed by atoms with E-state index in [4.69, 9.17) is 14.6 Å². The number of nitrogens with zero attached hydrogens (tertiary/aromatic N) is 4. The van der Waals surface area contributed by atoms with Gasteiger partial charge in [-0.25, -0.2) is 4.45 Å². The molecule has 2 aromatic heterocycles. The van der Waals surface area contributed by atoms with Crippen LogP contribution in [-0.4, -0.2) is 32.5 Å². The van der Waals surface area contributed by atoms with Crippen LogP contribution in [0.2, 0.25) is 0 Å². The number of ether oxygens (including phenoxy) is 2. The first-order valence-electron chi connectivity index (χ1n) is 10.1. The fraction of sp³-hybridized carbons (Fsp3) is 0.364. The lowest BCUT2D eigenvalue weighted by Gasteiger charge is -2.17. The van der Waals surface area contributed by atoms with Crippen molar-refractivity contribution in [3.63, 3.8) is 0 Å². The number of allylic oxidation sites excluding steroid dienone is 3. The van der Waals surface area contributed by atoms with E-state index in [1.54, 1.807) is 0 Å². The number of rotatable bonds is 2. The fourth-order valence-electron chi connectivity index (χ4n) is 3.90. The maximum atomic E-state index is 6.11. The molecule has 0 fully saturated rings. The van der Waals surface area contributed by atoms with Crippen molar-refractivity contribution < 1.29 is 9.47 Å². The summed E-state index contributed by atoms with van der Waals surface area (Å²) in [6, 6.07) is 6.54. The molecule has 158 valence electrons. The van der Waals surface area contributed by atoms with E-state index in [1.165, 1.54) is 5.57 Å². The summed E-state index contributed by atoms with van der Waals surface area (Å²) < 4.78 is 16.0. The van der Waals surface area contributed by atoms with E-state index in [2.05, 4.69) is 75.8 Å². The maximum absolute atomic E-state index is 6.11. The Morgan fingerprint density at radius 2 is 2.10 bits per heavy atom. The highest BCUT2D eigenvalue weighted by Gasteiger charge is 2.19. The van der Waals surface area contributed by atoms with Crippen molar-refractivity contribution in [2.24, 2.45) is 7.05 Å². The monoisotopic (exact) mass is 536 g/mol. The summed E-state index contributed by atoms with van der Waals surface area (Å²) in [4.78, 5) is 0. The Kier molecular flexibility index (Phi) is 6.60. The normalized spacial score (nSPS) is 21.6. The Morgan fingerprint density at radius 1 is 1.27 bits per heavy atom. The number of benzene rings is 1. The zero-order valence-corrected chi connectivity index (χ0v) is 20.8. The molecule has 3 aromatic rings. The molecule has 0 saturated heterocycles. The Bertz CT molecular complexity index is 1130. The summed E-state index contributed by atoms with van der Waals surface area (Å²) in [6.45, 7) is 7.27. The minimum Gasteiger partial charge on any atom is -0.496 e. The van der Waals surface area contributed by atoms with Crippen molar-refractivity contribution in [2.75, 3.05) is 13.2 Å². The van der Waals surface area contributed by atoms with Crippen molar-refractivity contribution in [3.05, 3.63) is 53.2 Å². The largest absolute Gasteiger partial charge is 0.496 e. The van der Waals surface area contributed by atoms with Crippen LogP contribution in [0.3, 0.4) is 0 Å². The zero-order valence-electron chi connectivity index (χ0n) is 17.6. The lowest BCUT2D eigenvalue weighted by atomic mass is 10.0. The number of hydrogen-bond acceptors (Lipinski definition) is 4. The average Bonchev–Trinajstić information content (AvgIpc) is 3.30. The molecule has 0 N–H and O–H groups in total. The van der Waals surface area contributed by atoms with E-state index in [0.29, 0.717) is 19.6 Å². The second kappa shape index (κ2) is 9.20. The summed E-state index contributed by atoms with van der Waals surface area (Å²) in [5, 5.41) is 10.5. The summed E-state index contributed by atoms with van der Waals surface area (Å²) in [6.07, 6.45) is 7.50. The molecular formula is C22H26IN4O2P. The van der Waals surface area contributed by atoms with E-state index in [9.17, 15) is 0 Å². The molecular weight excluding hydrogens is 510 g/mol. The average molecular weight is 536 g/mol.